The number of aliphatic hydroxyl groups is 1. The fourth-order valence-electron chi connectivity index (χ4n) is 8.79. The van der Waals surface area contributed by atoms with Crippen LogP contribution in [-0.4, -0.2) is 42.0 Å². The van der Waals surface area contributed by atoms with E-state index in [0.29, 0.717) is 29.2 Å². The first-order valence-corrected chi connectivity index (χ1v) is 10.5. The molecule has 3 nitrogen and oxygen atoms in total. The molecule has 0 aromatic rings. The molecule has 138 valence electrons. The fraction of sp³-hybridized carbons (Fsp3) is 0.864. The highest BCUT2D eigenvalue weighted by atomic mass is 16.3. The lowest BCUT2D eigenvalue weighted by Crippen LogP contribution is -2.71. The molecule has 0 radical (unpaired) electrons. The van der Waals surface area contributed by atoms with Gasteiger partial charge in [-0.1, -0.05) is 19.9 Å². The average molecular weight is 344 g/mol. The summed E-state index contributed by atoms with van der Waals surface area (Å²) < 4.78 is 0. The molecule has 0 aromatic carbocycles. The van der Waals surface area contributed by atoms with Gasteiger partial charge in [-0.2, -0.15) is 0 Å². The number of rotatable bonds is 2. The van der Waals surface area contributed by atoms with Crippen molar-refractivity contribution >= 4 is 6.29 Å². The Labute approximate surface area is 151 Å². The number of fused-ring (bicyclic) bond motifs is 2. The van der Waals surface area contributed by atoms with Crippen molar-refractivity contribution in [2.75, 3.05) is 19.6 Å². The van der Waals surface area contributed by atoms with Gasteiger partial charge in [-0.25, -0.2) is 0 Å². The van der Waals surface area contributed by atoms with Crippen molar-refractivity contribution in [3.05, 3.63) is 12.2 Å². The second kappa shape index (κ2) is 5.19. The molecule has 4 bridgehead atoms. The van der Waals surface area contributed by atoms with E-state index in [2.05, 4.69) is 18.4 Å². The van der Waals surface area contributed by atoms with Crippen molar-refractivity contribution in [3.63, 3.8) is 0 Å². The van der Waals surface area contributed by atoms with E-state index in [1.54, 1.807) is 0 Å². The summed E-state index contributed by atoms with van der Waals surface area (Å²) >= 11 is 0. The van der Waals surface area contributed by atoms with Crippen molar-refractivity contribution in [2.45, 2.75) is 64.4 Å². The molecule has 7 atom stereocenters. The molecule has 5 saturated carbocycles. The molecule has 6 aliphatic rings. The van der Waals surface area contributed by atoms with E-state index in [1.807, 2.05) is 0 Å². The number of carbonyl (C=O) groups excluding carboxylic acids is 1. The number of likely N-dealkylation sites (tertiary alicyclic amines) is 1. The van der Waals surface area contributed by atoms with Crippen LogP contribution in [0.5, 0.6) is 0 Å². The van der Waals surface area contributed by atoms with Crippen LogP contribution < -0.4 is 0 Å². The number of hydrogen-bond acceptors (Lipinski definition) is 3. The van der Waals surface area contributed by atoms with Gasteiger partial charge >= 0.3 is 0 Å². The van der Waals surface area contributed by atoms with E-state index >= 15 is 0 Å². The predicted molar refractivity (Wildman–Crippen MR) is 98.0 cm³/mol. The molecule has 7 unspecified atom stereocenters. The summed E-state index contributed by atoms with van der Waals surface area (Å²) in [5.74, 6) is 1.95. The molecule has 5 aliphatic carbocycles. The highest BCUT2D eigenvalue weighted by molar-refractivity contribution is 5.52. The van der Waals surface area contributed by atoms with Gasteiger partial charge in [0.1, 0.15) is 6.29 Å². The van der Waals surface area contributed by atoms with Crippen LogP contribution >= 0.6 is 0 Å². The van der Waals surface area contributed by atoms with Gasteiger partial charge in [-0.3, -0.25) is 4.90 Å². The molecule has 1 aliphatic heterocycles. The number of nitrogens with zero attached hydrogens (tertiary/aromatic N) is 1. The molecule has 1 N–H and O–H groups in total. The summed E-state index contributed by atoms with van der Waals surface area (Å²) in [6.45, 7) is 9.56. The van der Waals surface area contributed by atoms with E-state index < -0.39 is 0 Å². The van der Waals surface area contributed by atoms with Crippen LogP contribution in [0.25, 0.3) is 0 Å². The third-order valence-electron chi connectivity index (χ3n) is 9.55. The Hall–Kier alpha value is -0.670. The van der Waals surface area contributed by atoms with Crippen LogP contribution in [0.3, 0.4) is 0 Å². The molecule has 0 aromatic heterocycles. The van der Waals surface area contributed by atoms with Gasteiger partial charge in [-0.05, 0) is 79.1 Å². The monoisotopic (exact) mass is 343 g/mol. The smallest absolute Gasteiger partial charge is 0.133 e. The molecule has 6 rings (SSSR count). The third-order valence-corrected chi connectivity index (χ3v) is 9.55. The minimum Gasteiger partial charge on any atom is -0.388 e. The van der Waals surface area contributed by atoms with Gasteiger partial charge in [0, 0.05) is 18.5 Å². The first-order chi connectivity index (χ1) is 12.0. The van der Waals surface area contributed by atoms with Gasteiger partial charge < -0.3 is 9.90 Å². The lowest BCUT2D eigenvalue weighted by Gasteiger charge is -2.72. The first kappa shape index (κ1) is 16.5. The number of carbonyl (C=O) groups is 1. The molecular formula is C22H33NO2. The highest BCUT2D eigenvalue weighted by Gasteiger charge is 2.69. The molecule has 1 spiro atoms. The summed E-state index contributed by atoms with van der Waals surface area (Å²) in [5, 5.41) is 11.2. The normalized spacial score (nSPS) is 54.7. The zero-order valence-corrected chi connectivity index (χ0v) is 15.7. The lowest BCUT2D eigenvalue weighted by molar-refractivity contribution is -0.239. The summed E-state index contributed by atoms with van der Waals surface area (Å²) in [5.41, 5.74) is 1.91. The molecule has 1 saturated heterocycles. The zero-order valence-electron chi connectivity index (χ0n) is 15.7. The van der Waals surface area contributed by atoms with Crippen molar-refractivity contribution in [2.24, 2.45) is 34.0 Å². The maximum Gasteiger partial charge on any atom is 0.133 e. The minimum atomic E-state index is -0.282. The third kappa shape index (κ3) is 1.92. The Morgan fingerprint density at radius 3 is 2.76 bits per heavy atom. The Morgan fingerprint density at radius 1 is 1.16 bits per heavy atom. The van der Waals surface area contributed by atoms with Gasteiger partial charge in [0.25, 0.3) is 0 Å². The van der Waals surface area contributed by atoms with E-state index in [4.69, 9.17) is 0 Å². The molecule has 0 amide bonds. The van der Waals surface area contributed by atoms with Crippen LogP contribution in [-0.2, 0) is 4.79 Å². The van der Waals surface area contributed by atoms with Crippen molar-refractivity contribution in [1.29, 1.82) is 0 Å². The van der Waals surface area contributed by atoms with E-state index in [0.717, 1.165) is 30.9 Å². The Bertz CT molecular complexity index is 617. The molecule has 25 heavy (non-hydrogen) atoms. The van der Waals surface area contributed by atoms with E-state index in [9.17, 15) is 9.90 Å². The van der Waals surface area contributed by atoms with Gasteiger partial charge in [-0.15, -0.1) is 0 Å². The number of aliphatic hydroxyl groups excluding tert-OH is 1. The number of piperidine rings is 1. The summed E-state index contributed by atoms with van der Waals surface area (Å²) in [6, 6.07) is 0. The van der Waals surface area contributed by atoms with Crippen molar-refractivity contribution in [3.8, 4) is 0 Å². The Morgan fingerprint density at radius 2 is 1.96 bits per heavy atom. The zero-order chi connectivity index (χ0) is 17.4. The van der Waals surface area contributed by atoms with Crippen molar-refractivity contribution in [1.82, 2.24) is 4.90 Å². The Balaban J connectivity index is 1.60. The van der Waals surface area contributed by atoms with Crippen LogP contribution in [0.15, 0.2) is 12.2 Å². The van der Waals surface area contributed by atoms with Crippen LogP contribution in [0.4, 0.5) is 0 Å². The minimum absolute atomic E-state index is 0.0881. The topological polar surface area (TPSA) is 40.5 Å². The fourth-order valence-corrected chi connectivity index (χ4v) is 8.79. The number of hydrogen-bond donors (Lipinski definition) is 1. The summed E-state index contributed by atoms with van der Waals surface area (Å²) in [6.07, 6.45) is 10.9. The second-order valence-corrected chi connectivity index (χ2v) is 10.4. The maximum atomic E-state index is 11.3. The summed E-state index contributed by atoms with van der Waals surface area (Å²) in [7, 11) is 0. The first-order valence-electron chi connectivity index (χ1n) is 10.5. The van der Waals surface area contributed by atoms with Crippen LogP contribution in [0.1, 0.15) is 58.3 Å². The van der Waals surface area contributed by atoms with Crippen molar-refractivity contribution < 1.29 is 9.90 Å². The predicted octanol–water partition coefficient (Wildman–Crippen LogP) is 3.42. The van der Waals surface area contributed by atoms with Gasteiger partial charge in [0.15, 0.2) is 0 Å². The van der Waals surface area contributed by atoms with Gasteiger partial charge in [0.05, 0.1) is 12.6 Å². The SMILES string of the molecule is C=C1C2CCC3(CCC4C5(C)CCCC4(CN(CC=O)C5)C3C2)C1O. The van der Waals surface area contributed by atoms with Gasteiger partial charge in [0.2, 0.25) is 0 Å². The molecule has 1 heterocycles. The highest BCUT2D eigenvalue weighted by Crippen LogP contribution is 2.73. The largest absolute Gasteiger partial charge is 0.388 e. The standard InChI is InChI=1S/C22H33NO2/c1-15-16-4-8-21(19(15)25)9-5-17-20(2)6-3-7-22(17,18(21)12-16)14-23(13-20)10-11-24/h11,16-19,25H,1,3-10,12-14H2,2H3. The molecule has 6 fully saturated rings. The average Bonchev–Trinajstić information content (AvgIpc) is 2.58. The van der Waals surface area contributed by atoms with E-state index in [-0.39, 0.29) is 11.5 Å². The summed E-state index contributed by atoms with van der Waals surface area (Å²) in [4.78, 5) is 13.7. The van der Waals surface area contributed by atoms with E-state index in [1.165, 1.54) is 51.4 Å². The molecular weight excluding hydrogens is 310 g/mol. The maximum absolute atomic E-state index is 11.3. The van der Waals surface area contributed by atoms with Crippen LogP contribution in [0.2, 0.25) is 0 Å². The number of aldehydes is 1. The van der Waals surface area contributed by atoms with Crippen LogP contribution in [0, 0.1) is 34.0 Å². The lowest BCUT2D eigenvalue weighted by atomic mass is 9.35. The second-order valence-electron chi connectivity index (χ2n) is 10.4. The quantitative estimate of drug-likeness (QED) is 0.617. The molecule has 3 heteroatoms. The Kier molecular flexibility index (Phi) is 3.43.